The molecule has 11 nitrogen and oxygen atoms in total. The van der Waals surface area contributed by atoms with Crippen LogP contribution in [0.3, 0.4) is 0 Å². The number of rotatable bonds is 54. The molecular formula is C64H117NO10. The molecule has 0 aromatic heterocycles. The van der Waals surface area contributed by atoms with E-state index in [2.05, 4.69) is 42.6 Å². The Kier molecular flexibility index (Phi) is 50.5. The lowest BCUT2D eigenvalue weighted by Crippen LogP contribution is -2.60. The average molecular weight is 1060 g/mol. The quantitative estimate of drug-likeness (QED) is 0.0195. The van der Waals surface area contributed by atoms with E-state index in [0.717, 1.165) is 70.6 Å². The minimum atomic E-state index is -1.58. The van der Waals surface area contributed by atoms with Crippen LogP contribution >= 0.6 is 0 Å². The third-order valence-electron chi connectivity index (χ3n) is 14.7. The zero-order valence-electron chi connectivity index (χ0n) is 48.3. The van der Waals surface area contributed by atoms with Crippen molar-refractivity contribution in [1.29, 1.82) is 0 Å². The molecule has 0 aromatic rings. The van der Waals surface area contributed by atoms with Gasteiger partial charge in [-0.2, -0.15) is 0 Å². The van der Waals surface area contributed by atoms with Crippen molar-refractivity contribution in [3.05, 3.63) is 48.6 Å². The highest BCUT2D eigenvalue weighted by Gasteiger charge is 2.44. The Balaban J connectivity index is 1.98. The number of carbonyl (C=O) groups excluding carboxylic acids is 2. The number of nitrogens with one attached hydrogen (secondary N) is 1. The van der Waals surface area contributed by atoms with E-state index >= 15 is 0 Å². The summed E-state index contributed by atoms with van der Waals surface area (Å²) in [6.45, 7) is 4.09. The van der Waals surface area contributed by atoms with Gasteiger partial charge < -0.3 is 45.1 Å². The number of ether oxygens (including phenoxy) is 3. The van der Waals surface area contributed by atoms with Gasteiger partial charge in [-0.05, 0) is 77.6 Å². The van der Waals surface area contributed by atoms with Crippen LogP contribution in [-0.4, -0.2) is 100 Å². The molecule has 1 rings (SSSR count). The number of allylic oxidation sites excluding steroid dienone is 7. The van der Waals surface area contributed by atoms with Gasteiger partial charge in [0, 0.05) is 12.8 Å². The molecule has 7 unspecified atom stereocenters. The molecule has 1 fully saturated rings. The van der Waals surface area contributed by atoms with Gasteiger partial charge in [0.1, 0.15) is 24.4 Å². The van der Waals surface area contributed by atoms with Gasteiger partial charge in [-0.25, -0.2) is 0 Å². The van der Waals surface area contributed by atoms with Crippen LogP contribution in [-0.2, 0) is 23.8 Å². The number of amides is 1. The molecular weight excluding hydrogens is 943 g/mol. The van der Waals surface area contributed by atoms with Crippen molar-refractivity contribution in [2.45, 2.75) is 326 Å². The molecule has 1 aliphatic heterocycles. The molecule has 75 heavy (non-hydrogen) atoms. The van der Waals surface area contributed by atoms with E-state index in [9.17, 15) is 35.1 Å². The Hall–Kier alpha value is -2.38. The molecule has 1 saturated heterocycles. The predicted octanol–water partition coefficient (Wildman–Crippen LogP) is 14.8. The third kappa shape index (κ3) is 43.2. The SMILES string of the molecule is C/C=C/CC/C=C/CC/C=C/C(O)C(COC1OC(CO)C(O)C(O)C1O)NC(=O)CCCCCCCCCCCC/C=C\CCCCCCCCCCCCCCOC(=O)CCCCCCCCCCCCCC. The zero-order valence-corrected chi connectivity index (χ0v) is 48.3. The van der Waals surface area contributed by atoms with Crippen LogP contribution in [0.15, 0.2) is 48.6 Å². The number of esters is 1. The molecule has 0 spiro atoms. The summed E-state index contributed by atoms with van der Waals surface area (Å²) in [7, 11) is 0. The maximum absolute atomic E-state index is 13.0. The van der Waals surface area contributed by atoms with Crippen LogP contribution in [0.2, 0.25) is 0 Å². The number of hydrogen-bond acceptors (Lipinski definition) is 10. The summed E-state index contributed by atoms with van der Waals surface area (Å²) in [6.07, 6.45) is 58.3. The van der Waals surface area contributed by atoms with Crippen molar-refractivity contribution >= 4 is 11.9 Å². The average Bonchev–Trinajstić information content (AvgIpc) is 3.41. The maximum atomic E-state index is 13.0. The molecule has 7 atom stereocenters. The van der Waals surface area contributed by atoms with Gasteiger partial charge in [-0.3, -0.25) is 9.59 Å². The topological polar surface area (TPSA) is 175 Å². The fourth-order valence-corrected chi connectivity index (χ4v) is 9.76. The van der Waals surface area contributed by atoms with Gasteiger partial charge in [0.05, 0.1) is 32.0 Å². The molecule has 0 aromatic carbocycles. The number of hydrogen-bond donors (Lipinski definition) is 6. The first-order valence-corrected chi connectivity index (χ1v) is 31.4. The van der Waals surface area contributed by atoms with Crippen molar-refractivity contribution in [2.24, 2.45) is 0 Å². The monoisotopic (exact) mass is 1060 g/mol. The van der Waals surface area contributed by atoms with Gasteiger partial charge in [0.2, 0.25) is 5.91 Å². The van der Waals surface area contributed by atoms with Gasteiger partial charge in [-0.1, -0.05) is 242 Å². The van der Waals surface area contributed by atoms with Crippen LogP contribution in [0.5, 0.6) is 0 Å². The second kappa shape index (κ2) is 53.6. The molecule has 6 N–H and O–H groups in total. The van der Waals surface area contributed by atoms with Gasteiger partial charge in [-0.15, -0.1) is 0 Å². The zero-order chi connectivity index (χ0) is 54.5. The first kappa shape index (κ1) is 70.6. The van der Waals surface area contributed by atoms with Crippen LogP contribution < -0.4 is 5.32 Å². The van der Waals surface area contributed by atoms with Crippen LogP contribution in [0.25, 0.3) is 0 Å². The molecule has 438 valence electrons. The standard InChI is InChI=1S/C64H117NO10/c1-3-5-7-9-11-13-14-32-36-40-44-48-52-60(69)73-53-49-45-41-37-33-30-28-26-24-22-20-18-16-15-17-19-21-23-25-27-29-31-35-39-43-47-51-59(68)65-56(57(67)50-46-42-38-34-12-10-8-6-4-2)55-74-64-63(72)62(71)61(70)58(54-66)75-64/h4,6,12,15,17,34,46,50,56-58,61-64,66-67,70-72H,3,5,7-11,13-14,16,18-33,35-45,47-49,51-55H2,1-2H3,(H,65,68)/b6-4+,17-15-,34-12+,50-46+. The maximum Gasteiger partial charge on any atom is 0.305 e. The summed E-state index contributed by atoms with van der Waals surface area (Å²) in [5, 5.41) is 54.1. The minimum Gasteiger partial charge on any atom is -0.466 e. The summed E-state index contributed by atoms with van der Waals surface area (Å²) >= 11 is 0. The van der Waals surface area contributed by atoms with Crippen LogP contribution in [0, 0.1) is 0 Å². The predicted molar refractivity (Wildman–Crippen MR) is 310 cm³/mol. The molecule has 0 aliphatic carbocycles. The Morgan fingerprint density at radius 3 is 1.40 bits per heavy atom. The molecule has 0 bridgehead atoms. The lowest BCUT2D eigenvalue weighted by atomic mass is 9.99. The van der Waals surface area contributed by atoms with Crippen LogP contribution in [0.1, 0.15) is 284 Å². The molecule has 0 radical (unpaired) electrons. The molecule has 0 saturated carbocycles. The Morgan fingerprint density at radius 2 is 0.920 bits per heavy atom. The Morgan fingerprint density at radius 1 is 0.507 bits per heavy atom. The smallest absolute Gasteiger partial charge is 0.305 e. The lowest BCUT2D eigenvalue weighted by molar-refractivity contribution is -0.302. The summed E-state index contributed by atoms with van der Waals surface area (Å²) in [6, 6.07) is -0.835. The van der Waals surface area contributed by atoms with E-state index in [-0.39, 0.29) is 18.5 Å². The van der Waals surface area contributed by atoms with Crippen molar-refractivity contribution in [3.8, 4) is 0 Å². The fourth-order valence-electron chi connectivity index (χ4n) is 9.76. The van der Waals surface area contributed by atoms with E-state index in [1.54, 1.807) is 6.08 Å². The molecule has 11 heteroatoms. The number of aliphatic hydroxyl groups is 5. The second-order valence-electron chi connectivity index (χ2n) is 21.8. The van der Waals surface area contributed by atoms with E-state index in [0.29, 0.717) is 19.4 Å². The lowest BCUT2D eigenvalue weighted by Gasteiger charge is -2.40. The van der Waals surface area contributed by atoms with Crippen molar-refractivity contribution in [1.82, 2.24) is 5.32 Å². The number of carbonyl (C=O) groups is 2. The van der Waals surface area contributed by atoms with Gasteiger partial charge in [0.15, 0.2) is 6.29 Å². The van der Waals surface area contributed by atoms with Crippen LogP contribution in [0.4, 0.5) is 0 Å². The van der Waals surface area contributed by atoms with Crippen molar-refractivity contribution < 1.29 is 49.3 Å². The summed E-state index contributed by atoms with van der Waals surface area (Å²) in [5.74, 6) is -0.198. The number of unbranched alkanes of at least 4 members (excludes halogenated alkanes) is 35. The fraction of sp³-hybridized carbons (Fsp3) is 0.844. The largest absolute Gasteiger partial charge is 0.466 e. The first-order chi connectivity index (χ1) is 36.7. The third-order valence-corrected chi connectivity index (χ3v) is 14.7. The van der Waals surface area contributed by atoms with E-state index < -0.39 is 49.5 Å². The minimum absolute atomic E-state index is 0.00393. The number of aliphatic hydroxyl groups excluding tert-OH is 5. The highest BCUT2D eigenvalue weighted by Crippen LogP contribution is 2.23. The second-order valence-corrected chi connectivity index (χ2v) is 21.8. The highest BCUT2D eigenvalue weighted by atomic mass is 16.7. The van der Waals surface area contributed by atoms with E-state index in [4.69, 9.17) is 14.2 Å². The highest BCUT2D eigenvalue weighted by molar-refractivity contribution is 5.76. The van der Waals surface area contributed by atoms with Gasteiger partial charge in [0.25, 0.3) is 0 Å². The summed E-state index contributed by atoms with van der Waals surface area (Å²) in [4.78, 5) is 25.0. The normalized spacial score (nSPS) is 19.1. The van der Waals surface area contributed by atoms with Crippen molar-refractivity contribution in [3.63, 3.8) is 0 Å². The molecule has 1 aliphatic rings. The van der Waals surface area contributed by atoms with Gasteiger partial charge >= 0.3 is 5.97 Å². The molecule has 1 amide bonds. The first-order valence-electron chi connectivity index (χ1n) is 31.4. The molecule has 1 heterocycles. The van der Waals surface area contributed by atoms with Crippen molar-refractivity contribution in [2.75, 3.05) is 19.8 Å². The summed E-state index contributed by atoms with van der Waals surface area (Å²) in [5.41, 5.74) is 0. The Labute approximate surface area is 459 Å². The van der Waals surface area contributed by atoms with E-state index in [1.807, 2.05) is 19.1 Å². The Bertz CT molecular complexity index is 1390. The van der Waals surface area contributed by atoms with E-state index in [1.165, 1.54) is 186 Å². The summed E-state index contributed by atoms with van der Waals surface area (Å²) < 4.78 is 16.7.